The van der Waals surface area contributed by atoms with E-state index in [-0.39, 0.29) is 11.4 Å². The van der Waals surface area contributed by atoms with Crippen LogP contribution in [0.15, 0.2) is 24.3 Å². The van der Waals surface area contributed by atoms with Gasteiger partial charge in [-0.3, -0.25) is 0 Å². The van der Waals surface area contributed by atoms with Gasteiger partial charge in [-0.25, -0.2) is 4.39 Å². The highest BCUT2D eigenvalue weighted by Crippen LogP contribution is 2.32. The lowest BCUT2D eigenvalue weighted by Crippen LogP contribution is -2.49. The summed E-state index contributed by atoms with van der Waals surface area (Å²) in [6.07, 6.45) is 5.95. The summed E-state index contributed by atoms with van der Waals surface area (Å²) in [4.78, 5) is 2.55. The van der Waals surface area contributed by atoms with E-state index >= 15 is 0 Å². The van der Waals surface area contributed by atoms with Crippen LogP contribution in [0, 0.1) is 5.82 Å². The van der Waals surface area contributed by atoms with E-state index in [0.717, 1.165) is 39.1 Å². The van der Waals surface area contributed by atoms with E-state index in [1.165, 1.54) is 37.9 Å². The SMILES string of the molecule is Fc1ccc(C2(NCCN3CCCCC3)CCOCC2)cc1. The number of nitrogens with zero attached hydrogens (tertiary/aromatic N) is 1. The predicted molar refractivity (Wildman–Crippen MR) is 86.4 cm³/mol. The number of likely N-dealkylation sites (tertiary alicyclic amines) is 1. The summed E-state index contributed by atoms with van der Waals surface area (Å²) < 4.78 is 18.8. The molecule has 0 amide bonds. The second-order valence-electron chi connectivity index (χ2n) is 6.53. The zero-order valence-corrected chi connectivity index (χ0v) is 13.3. The Labute approximate surface area is 132 Å². The predicted octanol–water partition coefficient (Wildman–Crippen LogP) is 2.91. The van der Waals surface area contributed by atoms with Crippen molar-refractivity contribution in [2.75, 3.05) is 39.4 Å². The van der Waals surface area contributed by atoms with Gasteiger partial charge in [-0.1, -0.05) is 18.6 Å². The molecule has 2 aliphatic heterocycles. The van der Waals surface area contributed by atoms with Gasteiger partial charge in [0.1, 0.15) is 5.82 Å². The minimum Gasteiger partial charge on any atom is -0.381 e. The Balaban J connectivity index is 1.62. The van der Waals surface area contributed by atoms with E-state index < -0.39 is 0 Å². The number of ether oxygens (including phenoxy) is 1. The van der Waals surface area contributed by atoms with E-state index in [1.54, 1.807) is 12.1 Å². The Morgan fingerprint density at radius 2 is 1.73 bits per heavy atom. The number of rotatable bonds is 5. The van der Waals surface area contributed by atoms with Crippen LogP contribution in [0.3, 0.4) is 0 Å². The summed E-state index contributed by atoms with van der Waals surface area (Å²) >= 11 is 0. The van der Waals surface area contributed by atoms with Gasteiger partial charge in [0.2, 0.25) is 0 Å². The summed E-state index contributed by atoms with van der Waals surface area (Å²) in [5.74, 6) is -0.167. The fourth-order valence-corrected chi connectivity index (χ4v) is 3.69. The molecule has 0 spiro atoms. The van der Waals surface area contributed by atoms with Crippen LogP contribution in [0.5, 0.6) is 0 Å². The maximum atomic E-state index is 13.2. The summed E-state index contributed by atoms with van der Waals surface area (Å²) in [6, 6.07) is 6.99. The van der Waals surface area contributed by atoms with Crippen LogP contribution in [-0.4, -0.2) is 44.3 Å². The van der Waals surface area contributed by atoms with Crippen LogP contribution < -0.4 is 5.32 Å². The van der Waals surface area contributed by atoms with Gasteiger partial charge in [-0.2, -0.15) is 0 Å². The van der Waals surface area contributed by atoms with Crippen molar-refractivity contribution in [3.8, 4) is 0 Å². The molecule has 22 heavy (non-hydrogen) atoms. The Morgan fingerprint density at radius 1 is 1.05 bits per heavy atom. The molecule has 3 rings (SSSR count). The Hall–Kier alpha value is -0.970. The van der Waals surface area contributed by atoms with Crippen molar-refractivity contribution < 1.29 is 9.13 Å². The number of benzene rings is 1. The molecule has 1 aromatic rings. The monoisotopic (exact) mass is 306 g/mol. The van der Waals surface area contributed by atoms with Gasteiger partial charge in [-0.15, -0.1) is 0 Å². The van der Waals surface area contributed by atoms with Crippen LogP contribution >= 0.6 is 0 Å². The lowest BCUT2D eigenvalue weighted by molar-refractivity contribution is 0.0353. The number of hydrogen-bond donors (Lipinski definition) is 1. The molecule has 1 aromatic carbocycles. The molecule has 2 saturated heterocycles. The van der Waals surface area contributed by atoms with E-state index in [1.807, 2.05) is 12.1 Å². The molecule has 2 heterocycles. The maximum Gasteiger partial charge on any atom is 0.123 e. The van der Waals surface area contributed by atoms with Crippen molar-refractivity contribution in [2.45, 2.75) is 37.6 Å². The Kier molecular flexibility index (Phi) is 5.45. The highest BCUT2D eigenvalue weighted by molar-refractivity contribution is 5.25. The smallest absolute Gasteiger partial charge is 0.123 e. The van der Waals surface area contributed by atoms with Crippen molar-refractivity contribution in [3.05, 3.63) is 35.6 Å². The molecular formula is C18H27FN2O. The van der Waals surface area contributed by atoms with Gasteiger partial charge < -0.3 is 15.0 Å². The number of nitrogens with one attached hydrogen (secondary N) is 1. The molecule has 122 valence electrons. The van der Waals surface area contributed by atoms with E-state index in [9.17, 15) is 4.39 Å². The van der Waals surface area contributed by atoms with Crippen LogP contribution in [0.2, 0.25) is 0 Å². The highest BCUT2D eigenvalue weighted by atomic mass is 19.1. The summed E-state index contributed by atoms with van der Waals surface area (Å²) in [6.45, 7) is 6.09. The molecule has 0 unspecified atom stereocenters. The van der Waals surface area contributed by atoms with Gasteiger partial charge >= 0.3 is 0 Å². The molecule has 4 heteroatoms. The third kappa shape index (κ3) is 3.86. The topological polar surface area (TPSA) is 24.5 Å². The third-order valence-corrected chi connectivity index (χ3v) is 5.08. The van der Waals surface area contributed by atoms with E-state index in [0.29, 0.717) is 0 Å². The van der Waals surface area contributed by atoms with Crippen molar-refractivity contribution in [2.24, 2.45) is 0 Å². The fraction of sp³-hybridized carbons (Fsp3) is 0.667. The fourth-order valence-electron chi connectivity index (χ4n) is 3.69. The van der Waals surface area contributed by atoms with Gasteiger partial charge in [-0.05, 0) is 56.5 Å². The number of halogens is 1. The first kappa shape index (κ1) is 15.9. The average molecular weight is 306 g/mol. The minimum absolute atomic E-state index is 0.0538. The minimum atomic E-state index is -0.167. The van der Waals surface area contributed by atoms with E-state index in [2.05, 4.69) is 10.2 Å². The van der Waals surface area contributed by atoms with Crippen LogP contribution in [0.4, 0.5) is 4.39 Å². The Morgan fingerprint density at radius 3 is 2.41 bits per heavy atom. The molecule has 0 aromatic heterocycles. The summed E-state index contributed by atoms with van der Waals surface area (Å²) in [7, 11) is 0. The van der Waals surface area contributed by atoms with Crippen molar-refractivity contribution >= 4 is 0 Å². The molecule has 0 aliphatic carbocycles. The van der Waals surface area contributed by atoms with Gasteiger partial charge in [0.25, 0.3) is 0 Å². The summed E-state index contributed by atoms with van der Waals surface area (Å²) in [5.41, 5.74) is 1.14. The third-order valence-electron chi connectivity index (χ3n) is 5.08. The molecule has 0 atom stereocenters. The molecule has 0 bridgehead atoms. The molecule has 1 N–H and O–H groups in total. The molecule has 0 radical (unpaired) electrons. The molecule has 3 nitrogen and oxygen atoms in total. The lowest BCUT2D eigenvalue weighted by Gasteiger charge is -2.39. The van der Waals surface area contributed by atoms with Gasteiger partial charge in [0.05, 0.1) is 0 Å². The summed E-state index contributed by atoms with van der Waals surface area (Å²) in [5, 5.41) is 3.77. The zero-order chi connectivity index (χ0) is 15.3. The van der Waals surface area contributed by atoms with Crippen molar-refractivity contribution in [3.63, 3.8) is 0 Å². The molecular weight excluding hydrogens is 279 g/mol. The second-order valence-corrected chi connectivity index (χ2v) is 6.53. The largest absolute Gasteiger partial charge is 0.381 e. The normalized spacial score (nSPS) is 22.6. The standard InChI is InChI=1S/C18H27FN2O/c19-17-6-4-16(5-7-17)18(8-14-22-15-9-18)20-10-13-21-11-2-1-3-12-21/h4-7,20H,1-3,8-15H2. The van der Waals surface area contributed by atoms with Crippen molar-refractivity contribution in [1.82, 2.24) is 10.2 Å². The molecule has 2 aliphatic rings. The highest BCUT2D eigenvalue weighted by Gasteiger charge is 2.33. The van der Waals surface area contributed by atoms with Crippen LogP contribution in [0.25, 0.3) is 0 Å². The van der Waals surface area contributed by atoms with Gasteiger partial charge in [0, 0.05) is 31.8 Å². The average Bonchev–Trinajstić information content (AvgIpc) is 2.57. The van der Waals surface area contributed by atoms with Crippen LogP contribution in [-0.2, 0) is 10.3 Å². The number of piperidine rings is 1. The lowest BCUT2D eigenvalue weighted by atomic mass is 9.82. The van der Waals surface area contributed by atoms with E-state index in [4.69, 9.17) is 4.74 Å². The quantitative estimate of drug-likeness (QED) is 0.905. The number of hydrogen-bond acceptors (Lipinski definition) is 3. The van der Waals surface area contributed by atoms with Gasteiger partial charge in [0.15, 0.2) is 0 Å². The first-order valence-electron chi connectivity index (χ1n) is 8.60. The molecule has 2 fully saturated rings. The van der Waals surface area contributed by atoms with Crippen LogP contribution in [0.1, 0.15) is 37.7 Å². The maximum absolute atomic E-state index is 13.2. The first-order chi connectivity index (χ1) is 10.8. The Bertz CT molecular complexity index is 451. The van der Waals surface area contributed by atoms with Crippen molar-refractivity contribution in [1.29, 1.82) is 0 Å². The first-order valence-corrected chi connectivity index (χ1v) is 8.60. The zero-order valence-electron chi connectivity index (χ0n) is 13.3. The molecule has 0 saturated carbocycles. The second kappa shape index (κ2) is 7.53.